The molecule has 0 bridgehead atoms. The number of carboxylic acid groups (broad SMARTS) is 1. The predicted octanol–water partition coefficient (Wildman–Crippen LogP) is 2.38. The van der Waals surface area contributed by atoms with Gasteiger partial charge in [-0.1, -0.05) is 24.3 Å². The van der Waals surface area contributed by atoms with Crippen LogP contribution in [0.2, 0.25) is 0 Å². The lowest BCUT2D eigenvalue weighted by Crippen LogP contribution is -2.24. The molecular formula is C17H14N2O4. The Bertz CT molecular complexity index is 837. The minimum Gasteiger partial charge on any atom is -0.478 e. The molecule has 6 nitrogen and oxygen atoms in total. The highest BCUT2D eigenvalue weighted by atomic mass is 16.4. The first-order chi connectivity index (χ1) is 11.1. The van der Waals surface area contributed by atoms with Crippen molar-refractivity contribution in [3.63, 3.8) is 0 Å². The van der Waals surface area contributed by atoms with Gasteiger partial charge in [0.15, 0.2) is 5.58 Å². The lowest BCUT2D eigenvalue weighted by Gasteiger charge is -2.05. The van der Waals surface area contributed by atoms with Crippen LogP contribution in [-0.2, 0) is 17.8 Å². The van der Waals surface area contributed by atoms with Gasteiger partial charge in [-0.2, -0.15) is 0 Å². The van der Waals surface area contributed by atoms with E-state index in [0.29, 0.717) is 17.0 Å². The van der Waals surface area contributed by atoms with Crippen molar-refractivity contribution >= 4 is 23.0 Å². The third kappa shape index (κ3) is 3.55. The van der Waals surface area contributed by atoms with Crippen LogP contribution in [0.1, 0.15) is 21.8 Å². The van der Waals surface area contributed by atoms with Crippen LogP contribution in [0.5, 0.6) is 0 Å². The molecular weight excluding hydrogens is 296 g/mol. The number of nitrogens with zero attached hydrogens (tertiary/aromatic N) is 1. The number of rotatable bonds is 5. The van der Waals surface area contributed by atoms with Gasteiger partial charge in [0.1, 0.15) is 11.9 Å². The SMILES string of the molecule is O=C(Cc1nc2ccccc2o1)NCc1cccc(C(=O)O)c1. The van der Waals surface area contributed by atoms with Gasteiger partial charge in [0.2, 0.25) is 11.8 Å². The number of hydrogen-bond acceptors (Lipinski definition) is 4. The van der Waals surface area contributed by atoms with E-state index in [9.17, 15) is 9.59 Å². The first-order valence-electron chi connectivity index (χ1n) is 7.05. The number of nitrogens with one attached hydrogen (secondary N) is 1. The molecule has 3 rings (SSSR count). The standard InChI is InChI=1S/C17H14N2O4/c20-15(9-16-19-13-6-1-2-7-14(13)23-16)18-10-11-4-3-5-12(8-11)17(21)22/h1-8H,9-10H2,(H,18,20)(H,21,22). The van der Waals surface area contributed by atoms with Gasteiger partial charge < -0.3 is 14.8 Å². The average Bonchev–Trinajstić information content (AvgIpc) is 2.95. The number of oxazole rings is 1. The summed E-state index contributed by atoms with van der Waals surface area (Å²) in [5, 5.41) is 11.7. The first kappa shape index (κ1) is 14.8. The van der Waals surface area contributed by atoms with E-state index in [1.807, 2.05) is 18.2 Å². The second-order valence-electron chi connectivity index (χ2n) is 5.03. The van der Waals surface area contributed by atoms with E-state index in [-0.39, 0.29) is 24.4 Å². The Morgan fingerprint density at radius 1 is 1.13 bits per heavy atom. The quantitative estimate of drug-likeness (QED) is 0.755. The van der Waals surface area contributed by atoms with Crippen molar-refractivity contribution < 1.29 is 19.1 Å². The molecule has 0 spiro atoms. The molecule has 1 aromatic heterocycles. The molecule has 23 heavy (non-hydrogen) atoms. The summed E-state index contributed by atoms with van der Waals surface area (Å²) in [5.74, 6) is -0.884. The van der Waals surface area contributed by atoms with Crippen LogP contribution >= 0.6 is 0 Å². The van der Waals surface area contributed by atoms with Crippen LogP contribution < -0.4 is 5.32 Å². The van der Waals surface area contributed by atoms with Crippen LogP contribution in [0.15, 0.2) is 52.9 Å². The smallest absolute Gasteiger partial charge is 0.335 e. The molecule has 116 valence electrons. The third-order valence-corrected chi connectivity index (χ3v) is 3.31. The van der Waals surface area contributed by atoms with E-state index in [2.05, 4.69) is 10.3 Å². The average molecular weight is 310 g/mol. The minimum atomic E-state index is -0.996. The fraction of sp³-hybridized carbons (Fsp3) is 0.118. The molecule has 1 heterocycles. The molecule has 1 amide bonds. The number of hydrogen-bond donors (Lipinski definition) is 2. The van der Waals surface area contributed by atoms with Crippen LogP contribution in [0, 0.1) is 0 Å². The Morgan fingerprint density at radius 2 is 1.96 bits per heavy atom. The number of aromatic nitrogens is 1. The molecule has 3 aromatic rings. The molecule has 0 fully saturated rings. The number of carbonyl (C=O) groups excluding carboxylic acids is 1. The maximum Gasteiger partial charge on any atom is 0.335 e. The highest BCUT2D eigenvalue weighted by molar-refractivity contribution is 5.87. The van der Waals surface area contributed by atoms with Crippen molar-refractivity contribution in [1.82, 2.24) is 10.3 Å². The predicted molar refractivity (Wildman–Crippen MR) is 83.0 cm³/mol. The number of carboxylic acids is 1. The number of para-hydroxylation sites is 2. The highest BCUT2D eigenvalue weighted by Gasteiger charge is 2.10. The third-order valence-electron chi connectivity index (χ3n) is 3.31. The van der Waals surface area contributed by atoms with Gasteiger partial charge in [0.25, 0.3) is 0 Å². The molecule has 6 heteroatoms. The summed E-state index contributed by atoms with van der Waals surface area (Å²) in [4.78, 5) is 27.1. The molecule has 0 saturated carbocycles. The van der Waals surface area contributed by atoms with Crippen LogP contribution in [0.4, 0.5) is 0 Å². The lowest BCUT2D eigenvalue weighted by molar-refractivity contribution is -0.120. The fourth-order valence-corrected chi connectivity index (χ4v) is 2.21. The highest BCUT2D eigenvalue weighted by Crippen LogP contribution is 2.14. The summed E-state index contributed by atoms with van der Waals surface area (Å²) in [6, 6.07) is 13.7. The number of amides is 1. The number of benzene rings is 2. The number of fused-ring (bicyclic) bond motifs is 1. The summed E-state index contributed by atoms with van der Waals surface area (Å²) in [6.45, 7) is 0.250. The summed E-state index contributed by atoms with van der Waals surface area (Å²) in [7, 11) is 0. The second kappa shape index (κ2) is 6.31. The van der Waals surface area contributed by atoms with Gasteiger partial charge in [0.05, 0.1) is 5.56 Å². The van der Waals surface area contributed by atoms with E-state index in [1.54, 1.807) is 18.2 Å². The summed E-state index contributed by atoms with van der Waals surface area (Å²) in [5.41, 5.74) is 2.26. The van der Waals surface area contributed by atoms with Crippen molar-refractivity contribution in [2.24, 2.45) is 0 Å². The molecule has 0 aliphatic heterocycles. The van der Waals surface area contributed by atoms with Crippen LogP contribution in [0.25, 0.3) is 11.1 Å². The van der Waals surface area contributed by atoms with Gasteiger partial charge in [-0.15, -0.1) is 0 Å². The van der Waals surface area contributed by atoms with Gasteiger partial charge >= 0.3 is 5.97 Å². The molecule has 2 aromatic carbocycles. The Hall–Kier alpha value is -3.15. The topological polar surface area (TPSA) is 92.4 Å². The summed E-state index contributed by atoms with van der Waals surface area (Å²) >= 11 is 0. The van der Waals surface area contributed by atoms with Gasteiger partial charge in [0, 0.05) is 6.54 Å². The number of carbonyl (C=O) groups is 2. The first-order valence-corrected chi connectivity index (χ1v) is 7.05. The molecule has 0 saturated heterocycles. The molecule has 0 atom stereocenters. The van der Waals surface area contributed by atoms with Crippen LogP contribution in [0.3, 0.4) is 0 Å². The summed E-state index contributed by atoms with van der Waals surface area (Å²) in [6.07, 6.45) is 0.0350. The summed E-state index contributed by atoms with van der Waals surface area (Å²) < 4.78 is 5.49. The van der Waals surface area contributed by atoms with Gasteiger partial charge in [-0.25, -0.2) is 9.78 Å². The van der Waals surface area contributed by atoms with E-state index in [1.165, 1.54) is 12.1 Å². The zero-order valence-electron chi connectivity index (χ0n) is 12.2. The zero-order chi connectivity index (χ0) is 16.2. The second-order valence-corrected chi connectivity index (χ2v) is 5.03. The molecule has 0 radical (unpaired) electrons. The van der Waals surface area contributed by atoms with E-state index in [0.717, 1.165) is 5.56 Å². The Morgan fingerprint density at radius 3 is 2.74 bits per heavy atom. The monoisotopic (exact) mass is 310 g/mol. The van der Waals surface area contributed by atoms with E-state index >= 15 is 0 Å². The zero-order valence-corrected chi connectivity index (χ0v) is 12.2. The van der Waals surface area contributed by atoms with Crippen molar-refractivity contribution in [3.05, 3.63) is 65.5 Å². The van der Waals surface area contributed by atoms with E-state index in [4.69, 9.17) is 9.52 Å². The Labute approximate surface area is 131 Å². The molecule has 2 N–H and O–H groups in total. The van der Waals surface area contributed by atoms with Gasteiger partial charge in [-0.3, -0.25) is 4.79 Å². The van der Waals surface area contributed by atoms with Crippen molar-refractivity contribution in [3.8, 4) is 0 Å². The maximum atomic E-state index is 12.0. The molecule has 0 aliphatic rings. The van der Waals surface area contributed by atoms with Gasteiger partial charge in [-0.05, 0) is 29.8 Å². The minimum absolute atomic E-state index is 0.0350. The molecule has 0 unspecified atom stereocenters. The largest absolute Gasteiger partial charge is 0.478 e. The van der Waals surface area contributed by atoms with Crippen molar-refractivity contribution in [2.45, 2.75) is 13.0 Å². The van der Waals surface area contributed by atoms with Crippen molar-refractivity contribution in [2.75, 3.05) is 0 Å². The number of aromatic carboxylic acids is 1. The Kier molecular flexibility index (Phi) is 4.05. The van der Waals surface area contributed by atoms with Crippen molar-refractivity contribution in [1.29, 1.82) is 0 Å². The Balaban J connectivity index is 1.61. The fourth-order valence-electron chi connectivity index (χ4n) is 2.21. The maximum absolute atomic E-state index is 12.0. The van der Waals surface area contributed by atoms with Crippen LogP contribution in [-0.4, -0.2) is 22.0 Å². The van der Waals surface area contributed by atoms with E-state index < -0.39 is 5.97 Å². The normalized spacial score (nSPS) is 10.6. The lowest BCUT2D eigenvalue weighted by atomic mass is 10.1. The molecule has 0 aliphatic carbocycles.